The lowest BCUT2D eigenvalue weighted by atomic mass is 10.1. The summed E-state index contributed by atoms with van der Waals surface area (Å²) < 4.78 is 7.50. The number of piperazine rings is 1. The van der Waals surface area contributed by atoms with E-state index in [9.17, 15) is 14.9 Å². The van der Waals surface area contributed by atoms with Gasteiger partial charge in [-0.3, -0.25) is 9.59 Å². The standard InChI is InChI=1S/C31H32N8O3/c1-3-27(40)38-17-16-37(19-22(38)13-14-32)29-25-18-33-39(26-12-6-9-21-8-4-5-11-24(21)26)30(41)28(25)34-31(35-29)42-20-23-10-7-15-36(23)2/h3-6,8-9,11-12,18,22-23H,1,7,10,13,15-17,19-20H2,2H3/t22?,23-/m0/s1. The first-order valence-electron chi connectivity index (χ1n) is 14.1. The summed E-state index contributed by atoms with van der Waals surface area (Å²) in [7, 11) is 2.07. The van der Waals surface area contributed by atoms with Gasteiger partial charge in [0.05, 0.1) is 35.8 Å². The Morgan fingerprint density at radius 1 is 1.12 bits per heavy atom. The number of anilines is 1. The van der Waals surface area contributed by atoms with Gasteiger partial charge >= 0.3 is 6.01 Å². The van der Waals surface area contributed by atoms with Crippen LogP contribution in [0.1, 0.15) is 19.3 Å². The second-order valence-electron chi connectivity index (χ2n) is 10.7. The Hall–Kier alpha value is -4.82. The van der Waals surface area contributed by atoms with E-state index in [1.54, 1.807) is 11.1 Å². The Morgan fingerprint density at radius 3 is 2.74 bits per heavy atom. The number of ether oxygens (including phenoxy) is 1. The number of likely N-dealkylation sites (N-methyl/N-ethyl adjacent to an activating group) is 1. The van der Waals surface area contributed by atoms with Crippen molar-refractivity contribution in [2.24, 2.45) is 0 Å². The minimum atomic E-state index is -0.385. The second-order valence-corrected chi connectivity index (χ2v) is 10.7. The highest BCUT2D eigenvalue weighted by molar-refractivity contribution is 5.92. The molecule has 2 aliphatic rings. The summed E-state index contributed by atoms with van der Waals surface area (Å²) in [5.74, 6) is 0.282. The zero-order valence-electron chi connectivity index (χ0n) is 23.5. The van der Waals surface area contributed by atoms with Crippen LogP contribution >= 0.6 is 0 Å². The fraction of sp³-hybridized carbons (Fsp3) is 0.355. The number of hydrogen-bond acceptors (Lipinski definition) is 9. The number of carbonyl (C=O) groups excluding carboxylic acids is 1. The number of likely N-dealkylation sites (tertiary alicyclic amines) is 1. The van der Waals surface area contributed by atoms with Crippen LogP contribution in [0.5, 0.6) is 6.01 Å². The first-order chi connectivity index (χ1) is 20.5. The summed E-state index contributed by atoms with van der Waals surface area (Å²) in [6.07, 6.45) is 5.16. The minimum Gasteiger partial charge on any atom is -0.462 e. The molecule has 2 saturated heterocycles. The van der Waals surface area contributed by atoms with Crippen molar-refractivity contribution in [2.75, 3.05) is 44.7 Å². The van der Waals surface area contributed by atoms with Gasteiger partial charge in [0.2, 0.25) is 5.91 Å². The van der Waals surface area contributed by atoms with Gasteiger partial charge in [0.1, 0.15) is 17.9 Å². The average Bonchev–Trinajstić information content (AvgIpc) is 3.44. The maximum atomic E-state index is 14.0. The van der Waals surface area contributed by atoms with Crippen molar-refractivity contribution in [1.82, 2.24) is 29.5 Å². The van der Waals surface area contributed by atoms with E-state index in [1.165, 1.54) is 10.8 Å². The number of nitriles is 1. The van der Waals surface area contributed by atoms with Gasteiger partial charge in [-0.05, 0) is 44.0 Å². The third-order valence-corrected chi connectivity index (χ3v) is 8.24. The Balaban J connectivity index is 1.45. The smallest absolute Gasteiger partial charge is 0.319 e. The van der Waals surface area contributed by atoms with Crippen molar-refractivity contribution in [3.05, 3.63) is 71.7 Å². The molecular weight excluding hydrogens is 532 g/mol. The SMILES string of the molecule is C=CC(=O)N1CCN(c2nc(OC[C@@H]3CCCN3C)nc3c(=O)n(-c4cccc5ccccc45)ncc23)CC1CC#N. The number of hydrogen-bond donors (Lipinski definition) is 0. The van der Waals surface area contributed by atoms with Crippen molar-refractivity contribution in [3.8, 4) is 17.8 Å². The highest BCUT2D eigenvalue weighted by Gasteiger charge is 2.32. The maximum Gasteiger partial charge on any atom is 0.319 e. The molecule has 11 nitrogen and oxygen atoms in total. The van der Waals surface area contributed by atoms with E-state index in [0.29, 0.717) is 43.1 Å². The first-order valence-corrected chi connectivity index (χ1v) is 14.1. The van der Waals surface area contributed by atoms with Gasteiger partial charge in [0, 0.05) is 31.1 Å². The first kappa shape index (κ1) is 27.4. The quantitative estimate of drug-likeness (QED) is 0.312. The van der Waals surface area contributed by atoms with Gasteiger partial charge in [-0.15, -0.1) is 0 Å². The fourth-order valence-electron chi connectivity index (χ4n) is 5.95. The highest BCUT2D eigenvalue weighted by atomic mass is 16.5. The van der Waals surface area contributed by atoms with Crippen LogP contribution < -0.4 is 15.2 Å². The molecule has 2 atom stereocenters. The van der Waals surface area contributed by atoms with Crippen LogP contribution in [-0.2, 0) is 4.79 Å². The van der Waals surface area contributed by atoms with Crippen LogP contribution in [-0.4, -0.2) is 87.4 Å². The van der Waals surface area contributed by atoms with E-state index in [0.717, 1.165) is 30.2 Å². The number of carbonyl (C=O) groups is 1. The summed E-state index contributed by atoms with van der Waals surface area (Å²) in [6.45, 7) is 6.21. The van der Waals surface area contributed by atoms with Crippen molar-refractivity contribution in [1.29, 1.82) is 5.26 Å². The molecule has 0 saturated carbocycles. The van der Waals surface area contributed by atoms with Crippen LogP contribution in [0.4, 0.5) is 5.82 Å². The molecule has 42 heavy (non-hydrogen) atoms. The normalized spacial score (nSPS) is 19.2. The van der Waals surface area contributed by atoms with Crippen molar-refractivity contribution < 1.29 is 9.53 Å². The zero-order valence-corrected chi connectivity index (χ0v) is 23.5. The summed E-state index contributed by atoms with van der Waals surface area (Å²) in [5.41, 5.74) is 0.462. The van der Waals surface area contributed by atoms with Crippen LogP contribution in [0, 0.1) is 11.3 Å². The average molecular weight is 565 g/mol. The molecule has 214 valence electrons. The van der Waals surface area contributed by atoms with E-state index in [-0.39, 0.29) is 41.5 Å². The lowest BCUT2D eigenvalue weighted by Gasteiger charge is -2.41. The minimum absolute atomic E-state index is 0.118. The van der Waals surface area contributed by atoms with E-state index in [1.807, 2.05) is 47.4 Å². The topological polar surface area (TPSA) is 120 Å². The van der Waals surface area contributed by atoms with Gasteiger partial charge in [0.15, 0.2) is 0 Å². The second kappa shape index (κ2) is 11.6. The van der Waals surface area contributed by atoms with Crippen molar-refractivity contribution in [2.45, 2.75) is 31.3 Å². The summed E-state index contributed by atoms with van der Waals surface area (Å²) in [6, 6.07) is 15.8. The molecule has 0 aliphatic carbocycles. The fourth-order valence-corrected chi connectivity index (χ4v) is 5.95. The molecule has 4 aromatic rings. The Bertz CT molecular complexity index is 1760. The molecule has 2 aliphatic heterocycles. The Kier molecular flexibility index (Phi) is 7.54. The highest BCUT2D eigenvalue weighted by Crippen LogP contribution is 2.29. The molecule has 2 fully saturated rings. The molecule has 0 bridgehead atoms. The van der Waals surface area contributed by atoms with Gasteiger partial charge in [-0.25, -0.2) is 0 Å². The lowest BCUT2D eigenvalue weighted by molar-refractivity contribution is -0.128. The number of nitrogens with zero attached hydrogens (tertiary/aromatic N) is 8. The molecule has 1 unspecified atom stereocenters. The third-order valence-electron chi connectivity index (χ3n) is 8.24. The van der Waals surface area contributed by atoms with E-state index >= 15 is 0 Å². The molecule has 6 rings (SSSR count). The molecule has 1 amide bonds. The van der Waals surface area contributed by atoms with Gasteiger partial charge in [0.25, 0.3) is 5.56 Å². The molecule has 0 radical (unpaired) electrons. The molecule has 0 N–H and O–H groups in total. The molecule has 2 aromatic heterocycles. The zero-order chi connectivity index (χ0) is 29.2. The molecule has 0 spiro atoms. The maximum absolute atomic E-state index is 14.0. The Morgan fingerprint density at radius 2 is 1.95 bits per heavy atom. The molecule has 11 heteroatoms. The van der Waals surface area contributed by atoms with E-state index in [4.69, 9.17) is 9.72 Å². The lowest BCUT2D eigenvalue weighted by Crippen LogP contribution is -2.55. The van der Waals surface area contributed by atoms with Crippen LogP contribution in [0.25, 0.3) is 27.4 Å². The predicted molar refractivity (Wildman–Crippen MR) is 160 cm³/mol. The molecule has 2 aromatic carbocycles. The number of rotatable bonds is 7. The number of aromatic nitrogens is 4. The predicted octanol–water partition coefficient (Wildman–Crippen LogP) is 2.92. The van der Waals surface area contributed by atoms with Crippen molar-refractivity contribution >= 4 is 33.4 Å². The number of fused-ring (bicyclic) bond motifs is 2. The van der Waals surface area contributed by atoms with E-state index in [2.05, 4.69) is 34.7 Å². The van der Waals surface area contributed by atoms with Gasteiger partial charge in [-0.1, -0.05) is 43.0 Å². The molecular formula is C31H32N8O3. The van der Waals surface area contributed by atoms with E-state index < -0.39 is 0 Å². The van der Waals surface area contributed by atoms with Crippen LogP contribution in [0.15, 0.2) is 66.1 Å². The van der Waals surface area contributed by atoms with Crippen molar-refractivity contribution in [3.63, 3.8) is 0 Å². The van der Waals surface area contributed by atoms with Crippen LogP contribution in [0.2, 0.25) is 0 Å². The Labute approximate surface area is 243 Å². The number of benzene rings is 2. The largest absolute Gasteiger partial charge is 0.462 e. The van der Waals surface area contributed by atoms with Gasteiger partial charge < -0.3 is 19.4 Å². The number of amides is 1. The molecule has 4 heterocycles. The van der Waals surface area contributed by atoms with Crippen LogP contribution in [0.3, 0.4) is 0 Å². The summed E-state index contributed by atoms with van der Waals surface area (Å²) in [4.78, 5) is 41.8. The monoisotopic (exact) mass is 564 g/mol. The van der Waals surface area contributed by atoms with Gasteiger partial charge in [-0.2, -0.15) is 25.0 Å². The summed E-state index contributed by atoms with van der Waals surface area (Å²) in [5, 5.41) is 16.4. The third kappa shape index (κ3) is 5.05. The summed E-state index contributed by atoms with van der Waals surface area (Å²) >= 11 is 0.